The lowest BCUT2D eigenvalue weighted by atomic mass is 10.1. The minimum absolute atomic E-state index is 0.114. The summed E-state index contributed by atoms with van der Waals surface area (Å²) < 4.78 is 11.2. The molecule has 0 saturated carbocycles. The summed E-state index contributed by atoms with van der Waals surface area (Å²) in [5.41, 5.74) is 6.25. The van der Waals surface area contributed by atoms with Crippen molar-refractivity contribution in [1.29, 1.82) is 5.41 Å². The normalized spacial score (nSPS) is 9.80. The van der Waals surface area contributed by atoms with Crippen LogP contribution >= 0.6 is 15.9 Å². The summed E-state index contributed by atoms with van der Waals surface area (Å²) in [6, 6.07) is 3.61. The van der Waals surface area contributed by atoms with Crippen molar-refractivity contribution in [3.05, 3.63) is 22.2 Å². The number of hydrogen-bond donors (Lipinski definition) is 2. The molecule has 1 aromatic carbocycles. The lowest BCUT2D eigenvalue weighted by molar-refractivity contribution is 0.354. The van der Waals surface area contributed by atoms with Crippen LogP contribution in [0.2, 0.25) is 0 Å². The maximum Gasteiger partial charge on any atom is 0.161 e. The number of rotatable bonds is 4. The van der Waals surface area contributed by atoms with E-state index in [1.165, 1.54) is 0 Å². The first-order valence-electron chi connectivity index (χ1n) is 4.31. The Hall–Kier alpha value is -1.23. The van der Waals surface area contributed by atoms with Crippen LogP contribution in [0.25, 0.3) is 0 Å². The van der Waals surface area contributed by atoms with Gasteiger partial charge in [0.25, 0.3) is 0 Å². The van der Waals surface area contributed by atoms with E-state index >= 15 is 0 Å². The fraction of sp³-hybridized carbons (Fsp3) is 0.300. The molecular formula is C10H13BrN2O2. The topological polar surface area (TPSA) is 68.3 Å². The number of ether oxygens (including phenoxy) is 2. The molecule has 0 aliphatic rings. The third-order valence-electron chi connectivity index (χ3n) is 1.93. The SMILES string of the molecule is COc1cc(Br)c(CC(=N)N)cc1OC. The van der Waals surface area contributed by atoms with Gasteiger partial charge in [0.1, 0.15) is 0 Å². The van der Waals surface area contributed by atoms with Crippen LogP contribution in [0, 0.1) is 5.41 Å². The minimum Gasteiger partial charge on any atom is -0.493 e. The van der Waals surface area contributed by atoms with Crippen LogP contribution in [0.1, 0.15) is 5.56 Å². The van der Waals surface area contributed by atoms with Crippen molar-refractivity contribution in [3.63, 3.8) is 0 Å². The van der Waals surface area contributed by atoms with Crippen LogP contribution < -0.4 is 15.2 Å². The van der Waals surface area contributed by atoms with Gasteiger partial charge in [0.05, 0.1) is 20.1 Å². The van der Waals surface area contributed by atoms with Gasteiger partial charge in [-0.3, -0.25) is 5.41 Å². The monoisotopic (exact) mass is 272 g/mol. The fourth-order valence-corrected chi connectivity index (χ4v) is 1.70. The average Bonchev–Trinajstić information content (AvgIpc) is 2.19. The van der Waals surface area contributed by atoms with E-state index in [1.54, 1.807) is 20.3 Å². The number of amidine groups is 1. The van der Waals surface area contributed by atoms with Gasteiger partial charge in [-0.15, -0.1) is 0 Å². The van der Waals surface area contributed by atoms with Crippen molar-refractivity contribution < 1.29 is 9.47 Å². The van der Waals surface area contributed by atoms with Crippen LogP contribution in [0.15, 0.2) is 16.6 Å². The molecule has 0 amide bonds. The van der Waals surface area contributed by atoms with Gasteiger partial charge in [-0.1, -0.05) is 15.9 Å². The predicted octanol–water partition coefficient (Wildman–Crippen LogP) is 1.94. The molecule has 0 aliphatic heterocycles. The largest absolute Gasteiger partial charge is 0.493 e. The highest BCUT2D eigenvalue weighted by Gasteiger charge is 2.09. The third kappa shape index (κ3) is 2.86. The van der Waals surface area contributed by atoms with Crippen LogP contribution in [0.4, 0.5) is 0 Å². The zero-order valence-corrected chi connectivity index (χ0v) is 10.2. The molecule has 0 unspecified atom stereocenters. The number of halogens is 1. The molecule has 3 N–H and O–H groups in total. The Morgan fingerprint density at radius 1 is 1.33 bits per heavy atom. The van der Waals surface area contributed by atoms with Crippen molar-refractivity contribution in [3.8, 4) is 11.5 Å². The Kier molecular flexibility index (Phi) is 3.96. The average molecular weight is 273 g/mol. The highest BCUT2D eigenvalue weighted by molar-refractivity contribution is 9.10. The van der Waals surface area contributed by atoms with Gasteiger partial charge in [0.2, 0.25) is 0 Å². The minimum atomic E-state index is 0.114. The molecule has 0 atom stereocenters. The first-order chi connectivity index (χ1) is 7.08. The maximum absolute atomic E-state index is 7.24. The molecule has 82 valence electrons. The Morgan fingerprint density at radius 3 is 2.33 bits per heavy atom. The molecule has 15 heavy (non-hydrogen) atoms. The van der Waals surface area contributed by atoms with E-state index in [9.17, 15) is 0 Å². The predicted molar refractivity (Wildman–Crippen MR) is 62.9 cm³/mol. The molecule has 1 aromatic rings. The van der Waals surface area contributed by atoms with Crippen LogP contribution in [-0.4, -0.2) is 20.1 Å². The zero-order chi connectivity index (χ0) is 11.4. The summed E-state index contributed by atoms with van der Waals surface area (Å²) in [6.45, 7) is 0. The lowest BCUT2D eigenvalue weighted by Crippen LogP contribution is -2.13. The molecule has 0 fully saturated rings. The summed E-state index contributed by atoms with van der Waals surface area (Å²) in [6.07, 6.45) is 0.390. The van der Waals surface area contributed by atoms with E-state index < -0.39 is 0 Å². The van der Waals surface area contributed by atoms with E-state index in [0.717, 1.165) is 10.0 Å². The zero-order valence-electron chi connectivity index (χ0n) is 8.63. The summed E-state index contributed by atoms with van der Waals surface area (Å²) in [7, 11) is 3.15. The second-order valence-electron chi connectivity index (χ2n) is 3.00. The van der Waals surface area contributed by atoms with E-state index in [4.69, 9.17) is 20.6 Å². The van der Waals surface area contributed by atoms with Gasteiger partial charge < -0.3 is 15.2 Å². The maximum atomic E-state index is 7.24. The first-order valence-corrected chi connectivity index (χ1v) is 5.11. The van der Waals surface area contributed by atoms with Crippen molar-refractivity contribution >= 4 is 21.8 Å². The van der Waals surface area contributed by atoms with E-state index in [0.29, 0.717) is 17.9 Å². The quantitative estimate of drug-likeness (QED) is 0.650. The molecular weight excluding hydrogens is 260 g/mol. The second kappa shape index (κ2) is 5.02. The fourth-order valence-electron chi connectivity index (χ4n) is 1.24. The molecule has 5 heteroatoms. The number of nitrogens with two attached hydrogens (primary N) is 1. The molecule has 4 nitrogen and oxygen atoms in total. The summed E-state index contributed by atoms with van der Waals surface area (Å²) in [4.78, 5) is 0. The van der Waals surface area contributed by atoms with Gasteiger partial charge in [-0.05, 0) is 17.7 Å². The van der Waals surface area contributed by atoms with Crippen molar-refractivity contribution in [1.82, 2.24) is 0 Å². The molecule has 0 bridgehead atoms. The van der Waals surface area contributed by atoms with Crippen LogP contribution in [0.5, 0.6) is 11.5 Å². The van der Waals surface area contributed by atoms with Gasteiger partial charge in [-0.25, -0.2) is 0 Å². The highest BCUT2D eigenvalue weighted by Crippen LogP contribution is 2.33. The van der Waals surface area contributed by atoms with Gasteiger partial charge in [-0.2, -0.15) is 0 Å². The summed E-state index contributed by atoms with van der Waals surface area (Å²) >= 11 is 3.39. The van der Waals surface area contributed by atoms with Gasteiger partial charge in [0.15, 0.2) is 11.5 Å². The lowest BCUT2D eigenvalue weighted by Gasteiger charge is -2.11. The first kappa shape index (κ1) is 11.8. The Morgan fingerprint density at radius 2 is 1.87 bits per heavy atom. The number of benzene rings is 1. The van der Waals surface area contributed by atoms with Gasteiger partial charge in [0, 0.05) is 10.9 Å². The standard InChI is InChI=1S/C10H13BrN2O2/c1-14-8-3-6(4-10(12)13)7(11)5-9(8)15-2/h3,5H,4H2,1-2H3,(H3,12,13). The Labute approximate surface area is 97.0 Å². The van der Waals surface area contributed by atoms with E-state index in [-0.39, 0.29) is 5.84 Å². The second-order valence-corrected chi connectivity index (χ2v) is 3.85. The Bertz CT molecular complexity index is 380. The smallest absolute Gasteiger partial charge is 0.161 e. The Balaban J connectivity index is 3.13. The highest BCUT2D eigenvalue weighted by atomic mass is 79.9. The molecule has 0 radical (unpaired) electrons. The van der Waals surface area contributed by atoms with Crippen molar-refractivity contribution in [2.75, 3.05) is 14.2 Å². The number of nitrogens with one attached hydrogen (secondary N) is 1. The van der Waals surface area contributed by atoms with Crippen molar-refractivity contribution in [2.24, 2.45) is 5.73 Å². The van der Waals surface area contributed by atoms with E-state index in [1.807, 2.05) is 6.07 Å². The molecule has 0 spiro atoms. The number of methoxy groups -OCH3 is 2. The molecule has 1 rings (SSSR count). The van der Waals surface area contributed by atoms with E-state index in [2.05, 4.69) is 15.9 Å². The third-order valence-corrected chi connectivity index (χ3v) is 2.67. The molecule has 0 aliphatic carbocycles. The van der Waals surface area contributed by atoms with Crippen molar-refractivity contribution in [2.45, 2.75) is 6.42 Å². The molecule has 0 saturated heterocycles. The van der Waals surface area contributed by atoms with Crippen LogP contribution in [-0.2, 0) is 6.42 Å². The van der Waals surface area contributed by atoms with Gasteiger partial charge >= 0.3 is 0 Å². The molecule has 0 aromatic heterocycles. The summed E-state index contributed by atoms with van der Waals surface area (Å²) in [5.74, 6) is 1.40. The summed E-state index contributed by atoms with van der Waals surface area (Å²) in [5, 5.41) is 7.24. The number of hydrogen-bond acceptors (Lipinski definition) is 3. The molecule has 0 heterocycles. The van der Waals surface area contributed by atoms with Crippen LogP contribution in [0.3, 0.4) is 0 Å².